The summed E-state index contributed by atoms with van der Waals surface area (Å²) in [4.78, 5) is 28.5. The molecule has 0 radical (unpaired) electrons. The lowest BCUT2D eigenvalue weighted by atomic mass is 10.2. The molecule has 0 spiro atoms. The van der Waals surface area contributed by atoms with Crippen LogP contribution in [0.3, 0.4) is 0 Å². The van der Waals surface area contributed by atoms with Gasteiger partial charge in [0, 0.05) is 30.2 Å². The number of aromatic nitrogens is 1. The molecule has 0 bridgehead atoms. The number of hydrogen-bond donors (Lipinski definition) is 3. The van der Waals surface area contributed by atoms with Crippen molar-refractivity contribution in [2.75, 3.05) is 22.1 Å². The Morgan fingerprint density at radius 3 is 2.74 bits per heavy atom. The van der Waals surface area contributed by atoms with E-state index in [0.717, 1.165) is 11.4 Å². The Morgan fingerprint density at radius 2 is 2.09 bits per heavy atom. The highest BCUT2D eigenvalue weighted by molar-refractivity contribution is 7.14. The van der Waals surface area contributed by atoms with Crippen LogP contribution >= 0.6 is 11.3 Å². The second-order valence-electron chi connectivity index (χ2n) is 4.81. The number of amides is 3. The zero-order chi connectivity index (χ0) is 16.8. The van der Waals surface area contributed by atoms with E-state index < -0.39 is 6.03 Å². The molecule has 122 valence electrons. The molecule has 0 saturated heterocycles. The molecule has 8 heteroatoms. The first kappa shape index (κ1) is 16.8. The van der Waals surface area contributed by atoms with Crippen LogP contribution in [0.25, 0.3) is 0 Å². The monoisotopic (exact) mass is 333 g/mol. The first-order valence-electron chi connectivity index (χ1n) is 7.12. The summed E-state index contributed by atoms with van der Waals surface area (Å²) in [6.45, 7) is 4.56. The van der Waals surface area contributed by atoms with Gasteiger partial charge in [0.25, 0.3) is 0 Å². The SMILES string of the molecule is CCN(C(C)=O)c1nc(CNc2cccc(NC(N)=O)c2)cs1. The predicted molar refractivity (Wildman–Crippen MR) is 92.8 cm³/mol. The number of rotatable bonds is 6. The molecule has 1 heterocycles. The maximum Gasteiger partial charge on any atom is 0.316 e. The second-order valence-corrected chi connectivity index (χ2v) is 5.64. The molecule has 0 atom stereocenters. The largest absolute Gasteiger partial charge is 0.379 e. The van der Waals surface area contributed by atoms with Gasteiger partial charge in [0.1, 0.15) is 0 Å². The van der Waals surface area contributed by atoms with Gasteiger partial charge >= 0.3 is 6.03 Å². The van der Waals surface area contributed by atoms with Crippen LogP contribution in [0.2, 0.25) is 0 Å². The third-order valence-corrected chi connectivity index (χ3v) is 3.98. The Morgan fingerprint density at radius 1 is 1.35 bits per heavy atom. The molecule has 1 aromatic carbocycles. The lowest BCUT2D eigenvalue weighted by molar-refractivity contribution is -0.116. The molecule has 0 aliphatic heterocycles. The number of hydrogen-bond acceptors (Lipinski definition) is 5. The molecular weight excluding hydrogens is 314 g/mol. The zero-order valence-electron chi connectivity index (χ0n) is 13.0. The summed E-state index contributed by atoms with van der Waals surface area (Å²) < 4.78 is 0. The quantitative estimate of drug-likeness (QED) is 0.756. The maximum absolute atomic E-state index is 11.5. The summed E-state index contributed by atoms with van der Waals surface area (Å²) in [5.74, 6) is -0.0217. The number of urea groups is 1. The van der Waals surface area contributed by atoms with Gasteiger partial charge in [0.15, 0.2) is 5.13 Å². The summed E-state index contributed by atoms with van der Waals surface area (Å²) in [6, 6.07) is 6.63. The third kappa shape index (κ3) is 4.68. The molecule has 2 rings (SSSR count). The van der Waals surface area contributed by atoms with Crippen molar-refractivity contribution < 1.29 is 9.59 Å². The minimum Gasteiger partial charge on any atom is -0.379 e. The van der Waals surface area contributed by atoms with E-state index in [0.29, 0.717) is 23.9 Å². The summed E-state index contributed by atoms with van der Waals surface area (Å²) in [7, 11) is 0. The Hall–Kier alpha value is -2.61. The lowest BCUT2D eigenvalue weighted by Gasteiger charge is -2.14. The van der Waals surface area contributed by atoms with Crippen molar-refractivity contribution in [2.45, 2.75) is 20.4 Å². The Kier molecular flexibility index (Phi) is 5.53. The molecule has 4 N–H and O–H groups in total. The molecule has 0 unspecified atom stereocenters. The number of anilines is 3. The van der Waals surface area contributed by atoms with Gasteiger partial charge in [-0.05, 0) is 25.1 Å². The van der Waals surface area contributed by atoms with Crippen molar-refractivity contribution in [3.63, 3.8) is 0 Å². The normalized spacial score (nSPS) is 10.2. The molecule has 2 aromatic rings. The molecule has 1 aromatic heterocycles. The Bertz CT molecular complexity index is 701. The third-order valence-electron chi connectivity index (χ3n) is 3.07. The number of nitrogens with one attached hydrogen (secondary N) is 2. The first-order chi connectivity index (χ1) is 11.0. The van der Waals surface area contributed by atoms with Crippen LogP contribution in [-0.4, -0.2) is 23.5 Å². The summed E-state index contributed by atoms with van der Waals surface area (Å²) >= 11 is 1.44. The highest BCUT2D eigenvalue weighted by Gasteiger charge is 2.13. The molecule has 0 aliphatic carbocycles. The number of thiazole rings is 1. The molecule has 0 saturated carbocycles. The van der Waals surface area contributed by atoms with Crippen LogP contribution in [0.1, 0.15) is 19.5 Å². The number of primary amides is 1. The van der Waals surface area contributed by atoms with Gasteiger partial charge in [-0.1, -0.05) is 6.07 Å². The van der Waals surface area contributed by atoms with Crippen molar-refractivity contribution in [3.05, 3.63) is 35.3 Å². The minimum absolute atomic E-state index is 0.0217. The molecule has 0 aliphatic rings. The van der Waals surface area contributed by atoms with E-state index in [4.69, 9.17) is 5.73 Å². The number of carbonyl (C=O) groups excluding carboxylic acids is 2. The van der Waals surface area contributed by atoms with Gasteiger partial charge in [-0.15, -0.1) is 11.3 Å². The van der Waals surface area contributed by atoms with Gasteiger partial charge < -0.3 is 16.4 Å². The van der Waals surface area contributed by atoms with Crippen LogP contribution in [0, 0.1) is 0 Å². The van der Waals surface area contributed by atoms with Crippen molar-refractivity contribution in [2.24, 2.45) is 5.73 Å². The van der Waals surface area contributed by atoms with E-state index in [-0.39, 0.29) is 5.91 Å². The average Bonchev–Trinajstić information content (AvgIpc) is 2.94. The van der Waals surface area contributed by atoms with Gasteiger partial charge in [0.2, 0.25) is 5.91 Å². The van der Waals surface area contributed by atoms with Crippen LogP contribution < -0.4 is 21.3 Å². The minimum atomic E-state index is -0.602. The lowest BCUT2D eigenvalue weighted by Crippen LogP contribution is -2.27. The number of nitrogens with two attached hydrogens (primary N) is 1. The Labute approximate surface area is 138 Å². The highest BCUT2D eigenvalue weighted by atomic mass is 32.1. The van der Waals surface area contributed by atoms with Crippen molar-refractivity contribution in [1.82, 2.24) is 4.98 Å². The van der Waals surface area contributed by atoms with Crippen molar-refractivity contribution >= 4 is 39.8 Å². The van der Waals surface area contributed by atoms with E-state index in [9.17, 15) is 9.59 Å². The average molecular weight is 333 g/mol. The fourth-order valence-corrected chi connectivity index (χ4v) is 2.97. The van der Waals surface area contributed by atoms with Gasteiger partial charge in [-0.25, -0.2) is 9.78 Å². The van der Waals surface area contributed by atoms with Gasteiger partial charge in [0.05, 0.1) is 12.2 Å². The van der Waals surface area contributed by atoms with Crippen LogP contribution in [-0.2, 0) is 11.3 Å². The molecule has 3 amide bonds. The van der Waals surface area contributed by atoms with Gasteiger partial charge in [-0.3, -0.25) is 9.69 Å². The number of carbonyl (C=O) groups is 2. The van der Waals surface area contributed by atoms with E-state index >= 15 is 0 Å². The van der Waals surface area contributed by atoms with E-state index in [1.54, 1.807) is 17.0 Å². The second kappa shape index (κ2) is 7.59. The van der Waals surface area contributed by atoms with Gasteiger partial charge in [-0.2, -0.15) is 0 Å². The van der Waals surface area contributed by atoms with E-state index in [1.807, 2.05) is 24.4 Å². The van der Waals surface area contributed by atoms with Crippen molar-refractivity contribution in [3.8, 4) is 0 Å². The van der Waals surface area contributed by atoms with Crippen LogP contribution in [0.4, 0.5) is 21.3 Å². The molecule has 7 nitrogen and oxygen atoms in total. The van der Waals surface area contributed by atoms with Crippen molar-refractivity contribution in [1.29, 1.82) is 0 Å². The summed E-state index contributed by atoms with van der Waals surface area (Å²) in [5, 5.41) is 8.36. The fraction of sp³-hybridized carbons (Fsp3) is 0.267. The fourth-order valence-electron chi connectivity index (χ4n) is 2.04. The van der Waals surface area contributed by atoms with Crippen LogP contribution in [0.15, 0.2) is 29.6 Å². The number of benzene rings is 1. The molecule has 23 heavy (non-hydrogen) atoms. The standard InChI is InChI=1S/C15H19N5O2S/c1-3-20(10(2)21)15-19-13(9-23-15)8-17-11-5-4-6-12(7-11)18-14(16)22/h4-7,9,17H,3,8H2,1-2H3,(H3,16,18,22). The maximum atomic E-state index is 11.5. The summed E-state index contributed by atoms with van der Waals surface area (Å²) in [6.07, 6.45) is 0. The number of nitrogens with zero attached hydrogens (tertiary/aromatic N) is 2. The van der Waals surface area contributed by atoms with E-state index in [1.165, 1.54) is 18.3 Å². The topological polar surface area (TPSA) is 100 Å². The smallest absolute Gasteiger partial charge is 0.316 e. The zero-order valence-corrected chi connectivity index (χ0v) is 13.8. The summed E-state index contributed by atoms with van der Waals surface area (Å²) in [5.41, 5.74) is 7.40. The van der Waals surface area contributed by atoms with Crippen LogP contribution in [0.5, 0.6) is 0 Å². The molecular formula is C15H19N5O2S. The first-order valence-corrected chi connectivity index (χ1v) is 8.00. The Balaban J connectivity index is 2.00. The predicted octanol–water partition coefficient (Wildman–Crippen LogP) is 2.62. The van der Waals surface area contributed by atoms with E-state index in [2.05, 4.69) is 15.6 Å². The molecule has 0 fully saturated rings. The highest BCUT2D eigenvalue weighted by Crippen LogP contribution is 2.22.